The van der Waals surface area contributed by atoms with Crippen LogP contribution in [0, 0.1) is 5.92 Å². The van der Waals surface area contributed by atoms with Crippen LogP contribution in [0.2, 0.25) is 0 Å². The third-order valence-electron chi connectivity index (χ3n) is 3.41. The summed E-state index contributed by atoms with van der Waals surface area (Å²) in [5.41, 5.74) is 11.0. The molecule has 166 valence electrons. The van der Waals surface area contributed by atoms with Gasteiger partial charge in [0.1, 0.15) is 17.3 Å². The number of nitrogens with one attached hydrogen (secondary N) is 1. The van der Waals surface area contributed by atoms with Gasteiger partial charge in [-0.15, -0.1) is 0 Å². The number of hydrogen-bond donors (Lipinski definition) is 3. The second-order valence-electron chi connectivity index (χ2n) is 7.70. The second-order valence-corrected chi connectivity index (χ2v) is 7.70. The van der Waals surface area contributed by atoms with Crippen LogP contribution in [0.4, 0.5) is 19.3 Å². The number of amides is 2. The van der Waals surface area contributed by atoms with Crippen molar-refractivity contribution >= 4 is 17.7 Å². The van der Waals surface area contributed by atoms with Gasteiger partial charge in [-0.3, -0.25) is 4.79 Å². The minimum Gasteiger partial charge on any atom is -0.444 e. The van der Waals surface area contributed by atoms with Crippen molar-refractivity contribution in [2.75, 3.05) is 12.3 Å². The molecule has 30 heavy (non-hydrogen) atoms. The van der Waals surface area contributed by atoms with E-state index < -0.39 is 23.3 Å². The predicted octanol–water partition coefficient (Wildman–Crippen LogP) is 4.80. The van der Waals surface area contributed by atoms with E-state index in [0.717, 1.165) is 6.08 Å². The molecule has 8 heteroatoms. The van der Waals surface area contributed by atoms with Crippen LogP contribution < -0.4 is 16.8 Å². The van der Waals surface area contributed by atoms with Crippen molar-refractivity contribution in [3.05, 3.63) is 66.3 Å². The molecule has 6 nitrogen and oxygen atoms in total. The maximum absolute atomic E-state index is 13.2. The predicted molar refractivity (Wildman–Crippen MR) is 116 cm³/mol. The van der Waals surface area contributed by atoms with Gasteiger partial charge in [0.15, 0.2) is 0 Å². The summed E-state index contributed by atoms with van der Waals surface area (Å²) >= 11 is 0. The van der Waals surface area contributed by atoms with Crippen LogP contribution in [0.25, 0.3) is 0 Å². The highest BCUT2D eigenvalue weighted by Crippen LogP contribution is 2.21. The summed E-state index contributed by atoms with van der Waals surface area (Å²) < 4.78 is 30.6. The average molecular weight is 424 g/mol. The highest BCUT2D eigenvalue weighted by molar-refractivity contribution is 5.94. The number of allylic oxidation sites excluding steroid dienone is 4. The van der Waals surface area contributed by atoms with Crippen molar-refractivity contribution in [2.24, 2.45) is 11.7 Å². The topological polar surface area (TPSA) is 107 Å². The Hall–Kier alpha value is -3.16. The number of nitrogens with two attached hydrogens (primary N) is 2. The van der Waals surface area contributed by atoms with Gasteiger partial charge in [-0.2, -0.15) is 0 Å². The molecule has 0 spiro atoms. The van der Waals surface area contributed by atoms with E-state index in [4.69, 9.17) is 11.5 Å². The normalized spacial score (nSPS) is 12.1. The number of carbonyl (C=O) groups is 2. The monoisotopic (exact) mass is 423 g/mol. The van der Waals surface area contributed by atoms with Crippen LogP contribution in [0.3, 0.4) is 0 Å². The lowest BCUT2D eigenvalue weighted by atomic mass is 9.99. The molecule has 2 amide bonds. The number of benzene rings is 1. The van der Waals surface area contributed by atoms with E-state index >= 15 is 0 Å². The molecular weight excluding hydrogens is 392 g/mol. The molecule has 0 aliphatic heterocycles. The highest BCUT2D eigenvalue weighted by atomic mass is 19.1. The van der Waals surface area contributed by atoms with Crippen LogP contribution in [0.5, 0.6) is 0 Å². The summed E-state index contributed by atoms with van der Waals surface area (Å²) in [6, 6.07) is 6.60. The Morgan fingerprint density at radius 1 is 1.27 bits per heavy atom. The Labute approximate surface area is 176 Å². The fourth-order valence-electron chi connectivity index (χ4n) is 2.24. The highest BCUT2D eigenvalue weighted by Gasteiger charge is 2.13. The average Bonchev–Trinajstić information content (AvgIpc) is 2.57. The van der Waals surface area contributed by atoms with E-state index in [1.54, 1.807) is 45.0 Å². The summed E-state index contributed by atoms with van der Waals surface area (Å²) in [4.78, 5) is 22.0. The lowest BCUT2D eigenvalue weighted by molar-refractivity contribution is 0.0599. The van der Waals surface area contributed by atoms with Crippen molar-refractivity contribution in [1.29, 1.82) is 0 Å². The Kier molecular flexibility index (Phi) is 11.1. The van der Waals surface area contributed by atoms with Gasteiger partial charge in [-0.05, 0) is 63.0 Å². The molecular formula is C22H31F2N3O3. The summed E-state index contributed by atoms with van der Waals surface area (Å²) in [6.45, 7) is 13.7. The minimum absolute atomic E-state index is 0.0943. The third-order valence-corrected chi connectivity index (χ3v) is 3.41. The number of carbonyl (C=O) groups excluding carboxylic acids is 2. The van der Waals surface area contributed by atoms with Gasteiger partial charge in [-0.1, -0.05) is 26.1 Å². The molecule has 0 aliphatic carbocycles. The van der Waals surface area contributed by atoms with Crippen LogP contribution in [0.15, 0.2) is 60.7 Å². The van der Waals surface area contributed by atoms with Crippen molar-refractivity contribution < 1.29 is 23.1 Å². The van der Waals surface area contributed by atoms with E-state index in [1.807, 2.05) is 6.92 Å². The molecule has 0 radical (unpaired) electrons. The molecule has 1 atom stereocenters. The number of halogens is 2. The van der Waals surface area contributed by atoms with Crippen LogP contribution in [-0.4, -0.2) is 24.1 Å². The molecule has 0 aliphatic rings. The quantitative estimate of drug-likeness (QED) is 0.432. The fourth-order valence-corrected chi connectivity index (χ4v) is 2.24. The van der Waals surface area contributed by atoms with E-state index in [9.17, 15) is 18.4 Å². The first-order chi connectivity index (χ1) is 13.7. The van der Waals surface area contributed by atoms with Crippen molar-refractivity contribution in [2.45, 2.75) is 39.7 Å². The zero-order valence-corrected chi connectivity index (χ0v) is 17.9. The first-order valence-electron chi connectivity index (χ1n) is 9.23. The van der Waals surface area contributed by atoms with Crippen molar-refractivity contribution in [3.8, 4) is 0 Å². The van der Waals surface area contributed by atoms with E-state index in [-0.39, 0.29) is 23.8 Å². The molecule has 0 aromatic heterocycles. The second kappa shape index (κ2) is 12.4. The lowest BCUT2D eigenvalue weighted by Crippen LogP contribution is -2.28. The summed E-state index contributed by atoms with van der Waals surface area (Å²) in [5, 5.41) is 2.73. The molecule has 1 rings (SSSR count). The van der Waals surface area contributed by atoms with Gasteiger partial charge in [0.25, 0.3) is 5.91 Å². The lowest BCUT2D eigenvalue weighted by Gasteiger charge is -2.16. The van der Waals surface area contributed by atoms with Gasteiger partial charge in [0.2, 0.25) is 0 Å². The molecule has 0 saturated heterocycles. The number of hydrogen-bond acceptors (Lipinski definition) is 4. The Morgan fingerprint density at radius 3 is 2.27 bits per heavy atom. The Balaban J connectivity index is 0.000000890. The minimum atomic E-state index is -0.732. The van der Waals surface area contributed by atoms with Crippen LogP contribution in [0.1, 0.15) is 44.5 Å². The van der Waals surface area contributed by atoms with Gasteiger partial charge >= 0.3 is 6.09 Å². The molecule has 0 heterocycles. The maximum atomic E-state index is 13.2. The third kappa shape index (κ3) is 13.1. The number of rotatable bonds is 7. The molecule has 0 bridgehead atoms. The molecule has 1 aromatic rings. The number of ether oxygens (including phenoxy) is 1. The number of anilines is 1. The largest absolute Gasteiger partial charge is 0.444 e. The number of nitrogen functional groups attached to an aromatic ring is 1. The Morgan fingerprint density at radius 2 is 1.87 bits per heavy atom. The number of primary amides is 1. The molecule has 5 N–H and O–H groups in total. The SMILES string of the molecule is C=C(F)/C=C(/CC(C)CNC(=O)c1cccc(N)c1)C(=C)F.CC(C)(C)OC(N)=O. The van der Waals surface area contributed by atoms with E-state index in [0.29, 0.717) is 17.8 Å². The van der Waals surface area contributed by atoms with Crippen molar-refractivity contribution in [3.63, 3.8) is 0 Å². The van der Waals surface area contributed by atoms with Gasteiger partial charge in [0, 0.05) is 17.8 Å². The van der Waals surface area contributed by atoms with E-state index in [1.165, 1.54) is 0 Å². The summed E-state index contributed by atoms with van der Waals surface area (Å²) in [5.74, 6) is -1.79. The zero-order valence-electron chi connectivity index (χ0n) is 17.9. The van der Waals surface area contributed by atoms with Gasteiger partial charge in [-0.25, -0.2) is 13.6 Å². The molecule has 1 unspecified atom stereocenters. The summed E-state index contributed by atoms with van der Waals surface area (Å²) in [7, 11) is 0. The smallest absolute Gasteiger partial charge is 0.405 e. The van der Waals surface area contributed by atoms with Crippen molar-refractivity contribution in [1.82, 2.24) is 5.32 Å². The molecule has 0 saturated carbocycles. The van der Waals surface area contributed by atoms with Gasteiger partial charge < -0.3 is 21.5 Å². The maximum Gasteiger partial charge on any atom is 0.405 e. The fraction of sp³-hybridized carbons (Fsp3) is 0.364. The molecule has 0 fully saturated rings. The van der Waals surface area contributed by atoms with Crippen LogP contribution >= 0.6 is 0 Å². The zero-order chi connectivity index (χ0) is 23.5. The Bertz CT molecular complexity index is 799. The first kappa shape index (κ1) is 26.8. The van der Waals surface area contributed by atoms with E-state index in [2.05, 4.69) is 23.2 Å². The first-order valence-corrected chi connectivity index (χ1v) is 9.23. The standard InChI is InChI=1S/C17H20F2N2O.C5H11NO2/c1-11(7-15(13(3)19)8-12(2)18)10-21-17(22)14-5-4-6-16(20)9-14;1-5(2,3)8-4(6)7/h4-6,8-9,11H,2-3,7,10,20H2,1H3,(H,21,22);1-3H3,(H2,6,7)/b15-8-;. The van der Waals surface area contributed by atoms with Gasteiger partial charge in [0.05, 0.1) is 0 Å². The van der Waals surface area contributed by atoms with Crippen LogP contribution in [-0.2, 0) is 4.74 Å². The summed E-state index contributed by atoms with van der Waals surface area (Å²) in [6.07, 6.45) is 0.533. The molecule has 1 aromatic carbocycles.